The first kappa shape index (κ1) is 16.6. The van der Waals surface area contributed by atoms with Crippen LogP contribution >= 0.6 is 0 Å². The number of benzene rings is 1. The lowest BCUT2D eigenvalue weighted by atomic mass is 10.1. The van der Waals surface area contributed by atoms with Crippen molar-refractivity contribution in [3.8, 4) is 5.69 Å². The van der Waals surface area contributed by atoms with Crippen molar-refractivity contribution in [3.05, 3.63) is 47.0 Å². The number of halogens is 1. The van der Waals surface area contributed by atoms with Crippen molar-refractivity contribution in [1.82, 2.24) is 20.4 Å². The van der Waals surface area contributed by atoms with Gasteiger partial charge in [0, 0.05) is 17.8 Å². The number of aromatic nitrogens is 2. The molecule has 5 nitrogen and oxygen atoms in total. The molecule has 6 heteroatoms. The zero-order valence-corrected chi connectivity index (χ0v) is 14.1. The molecule has 0 spiro atoms. The van der Waals surface area contributed by atoms with Gasteiger partial charge in [0.15, 0.2) is 0 Å². The van der Waals surface area contributed by atoms with Gasteiger partial charge >= 0.3 is 0 Å². The summed E-state index contributed by atoms with van der Waals surface area (Å²) in [5.41, 5.74) is 2.38. The van der Waals surface area contributed by atoms with Crippen molar-refractivity contribution in [2.24, 2.45) is 5.92 Å². The van der Waals surface area contributed by atoms with Gasteiger partial charge in [-0.3, -0.25) is 4.79 Å². The summed E-state index contributed by atoms with van der Waals surface area (Å²) < 4.78 is 16.0. The second-order valence-electron chi connectivity index (χ2n) is 6.41. The molecule has 1 aliphatic heterocycles. The lowest BCUT2D eigenvalue weighted by Crippen LogP contribution is -2.26. The maximum absolute atomic E-state index is 14.4. The second kappa shape index (κ2) is 7.13. The molecular weight excluding hydrogens is 307 g/mol. The molecule has 0 radical (unpaired) electrons. The molecule has 0 saturated carbocycles. The maximum atomic E-state index is 14.4. The van der Waals surface area contributed by atoms with E-state index in [0.29, 0.717) is 23.7 Å². The third-order valence-corrected chi connectivity index (χ3v) is 4.45. The first-order valence-electron chi connectivity index (χ1n) is 8.36. The first-order valence-corrected chi connectivity index (χ1v) is 8.36. The van der Waals surface area contributed by atoms with Crippen LogP contribution in [0, 0.1) is 25.6 Å². The highest BCUT2D eigenvalue weighted by atomic mass is 19.1. The van der Waals surface area contributed by atoms with Gasteiger partial charge < -0.3 is 10.6 Å². The highest BCUT2D eigenvalue weighted by Crippen LogP contribution is 2.18. The first-order chi connectivity index (χ1) is 11.5. The molecule has 1 amide bonds. The highest BCUT2D eigenvalue weighted by molar-refractivity contribution is 5.94. The van der Waals surface area contributed by atoms with Crippen LogP contribution < -0.4 is 10.6 Å². The van der Waals surface area contributed by atoms with Gasteiger partial charge in [-0.25, -0.2) is 9.07 Å². The van der Waals surface area contributed by atoms with Gasteiger partial charge in [-0.15, -0.1) is 0 Å². The number of nitrogens with one attached hydrogen (secondary N) is 2. The molecule has 1 fully saturated rings. The molecule has 2 heterocycles. The number of amides is 1. The van der Waals surface area contributed by atoms with Crippen LogP contribution in [0.2, 0.25) is 0 Å². The quantitative estimate of drug-likeness (QED) is 0.885. The van der Waals surface area contributed by atoms with Gasteiger partial charge in [0.25, 0.3) is 5.91 Å². The van der Waals surface area contributed by atoms with Crippen molar-refractivity contribution >= 4 is 5.91 Å². The Morgan fingerprint density at radius 2 is 2.25 bits per heavy atom. The predicted octanol–water partition coefficient (Wildman–Crippen LogP) is 2.36. The average molecular weight is 330 g/mol. The molecule has 0 aliphatic carbocycles. The summed E-state index contributed by atoms with van der Waals surface area (Å²) in [6, 6.07) is 6.40. The summed E-state index contributed by atoms with van der Waals surface area (Å²) in [6.45, 7) is 6.42. The Balaban J connectivity index is 1.65. The molecule has 1 atom stereocenters. The second-order valence-corrected chi connectivity index (χ2v) is 6.41. The largest absolute Gasteiger partial charge is 0.352 e. The van der Waals surface area contributed by atoms with Crippen LogP contribution in [0.3, 0.4) is 0 Å². The fraction of sp³-hybridized carbons (Fsp3) is 0.444. The SMILES string of the molecule is Cc1cc(C)n(-c2ccc(C(=O)NCCC3CCNC3)cc2F)n1. The lowest BCUT2D eigenvalue weighted by molar-refractivity contribution is 0.0951. The summed E-state index contributed by atoms with van der Waals surface area (Å²) >= 11 is 0. The van der Waals surface area contributed by atoms with Gasteiger partial charge in [-0.1, -0.05) is 0 Å². The molecule has 2 aromatic rings. The van der Waals surface area contributed by atoms with Crippen LogP contribution in [0.25, 0.3) is 5.69 Å². The van der Waals surface area contributed by atoms with Crippen LogP contribution in [-0.2, 0) is 0 Å². The normalized spacial score (nSPS) is 17.2. The van der Waals surface area contributed by atoms with Crippen molar-refractivity contribution in [2.75, 3.05) is 19.6 Å². The number of rotatable bonds is 5. The molecule has 24 heavy (non-hydrogen) atoms. The van der Waals surface area contributed by atoms with Crippen molar-refractivity contribution in [3.63, 3.8) is 0 Å². The Morgan fingerprint density at radius 1 is 1.42 bits per heavy atom. The summed E-state index contributed by atoms with van der Waals surface area (Å²) in [4.78, 5) is 12.2. The van der Waals surface area contributed by atoms with E-state index in [1.54, 1.807) is 16.8 Å². The summed E-state index contributed by atoms with van der Waals surface area (Å²) in [7, 11) is 0. The number of carbonyl (C=O) groups is 1. The standard InChI is InChI=1S/C18H23FN4O/c1-12-9-13(2)23(22-12)17-4-3-15(10-16(17)19)18(24)21-8-6-14-5-7-20-11-14/h3-4,9-10,14,20H,5-8,11H2,1-2H3,(H,21,24). The number of hydrogen-bond donors (Lipinski definition) is 2. The monoisotopic (exact) mass is 330 g/mol. The van der Waals surface area contributed by atoms with E-state index < -0.39 is 5.82 Å². The van der Waals surface area contributed by atoms with E-state index in [1.165, 1.54) is 6.07 Å². The van der Waals surface area contributed by atoms with E-state index in [4.69, 9.17) is 0 Å². The molecule has 3 rings (SSSR count). The Kier molecular flexibility index (Phi) is 4.94. The summed E-state index contributed by atoms with van der Waals surface area (Å²) in [6.07, 6.45) is 2.10. The molecule has 0 bridgehead atoms. The Bertz CT molecular complexity index is 735. The molecule has 1 saturated heterocycles. The molecule has 128 valence electrons. The number of carbonyl (C=O) groups excluding carboxylic acids is 1. The minimum Gasteiger partial charge on any atom is -0.352 e. The fourth-order valence-corrected chi connectivity index (χ4v) is 3.15. The Labute approximate surface area is 141 Å². The number of nitrogens with zero attached hydrogens (tertiary/aromatic N) is 2. The van der Waals surface area contributed by atoms with Crippen LogP contribution in [0.15, 0.2) is 24.3 Å². The summed E-state index contributed by atoms with van der Waals surface area (Å²) in [5.74, 6) is -0.0657. The maximum Gasteiger partial charge on any atom is 0.251 e. The van der Waals surface area contributed by atoms with Gasteiger partial charge in [0.2, 0.25) is 0 Å². The lowest BCUT2D eigenvalue weighted by Gasteiger charge is -2.11. The van der Waals surface area contributed by atoms with E-state index in [9.17, 15) is 9.18 Å². The van der Waals surface area contributed by atoms with Gasteiger partial charge in [0.05, 0.1) is 5.69 Å². The number of hydrogen-bond acceptors (Lipinski definition) is 3. The average Bonchev–Trinajstić information content (AvgIpc) is 3.16. The Morgan fingerprint density at radius 3 is 2.88 bits per heavy atom. The number of aryl methyl sites for hydroxylation is 2. The molecule has 1 aliphatic rings. The molecule has 1 unspecified atom stereocenters. The minimum atomic E-state index is -0.450. The van der Waals surface area contributed by atoms with Gasteiger partial charge in [0.1, 0.15) is 11.5 Å². The zero-order chi connectivity index (χ0) is 17.1. The Hall–Kier alpha value is -2.21. The minimum absolute atomic E-state index is 0.236. The van der Waals surface area contributed by atoms with E-state index >= 15 is 0 Å². The van der Waals surface area contributed by atoms with Crippen LogP contribution in [0.4, 0.5) is 4.39 Å². The third-order valence-electron chi connectivity index (χ3n) is 4.45. The van der Waals surface area contributed by atoms with E-state index in [-0.39, 0.29) is 5.91 Å². The molecule has 1 aromatic heterocycles. The van der Waals surface area contributed by atoms with Crippen molar-refractivity contribution in [2.45, 2.75) is 26.7 Å². The molecule has 2 N–H and O–H groups in total. The van der Waals surface area contributed by atoms with Gasteiger partial charge in [-0.2, -0.15) is 5.10 Å². The van der Waals surface area contributed by atoms with E-state index in [1.807, 2.05) is 19.9 Å². The molecule has 1 aromatic carbocycles. The zero-order valence-electron chi connectivity index (χ0n) is 14.1. The van der Waals surface area contributed by atoms with E-state index in [2.05, 4.69) is 15.7 Å². The van der Waals surface area contributed by atoms with Gasteiger partial charge in [-0.05, 0) is 70.0 Å². The summed E-state index contributed by atoms with van der Waals surface area (Å²) in [5, 5.41) is 10.5. The topological polar surface area (TPSA) is 59.0 Å². The van der Waals surface area contributed by atoms with Crippen molar-refractivity contribution in [1.29, 1.82) is 0 Å². The highest BCUT2D eigenvalue weighted by Gasteiger charge is 2.16. The predicted molar refractivity (Wildman–Crippen MR) is 90.9 cm³/mol. The van der Waals surface area contributed by atoms with Crippen LogP contribution in [0.1, 0.15) is 34.6 Å². The third kappa shape index (κ3) is 3.64. The smallest absolute Gasteiger partial charge is 0.251 e. The van der Waals surface area contributed by atoms with E-state index in [0.717, 1.165) is 37.3 Å². The van der Waals surface area contributed by atoms with Crippen molar-refractivity contribution < 1.29 is 9.18 Å². The fourth-order valence-electron chi connectivity index (χ4n) is 3.15. The van der Waals surface area contributed by atoms with Crippen LogP contribution in [0.5, 0.6) is 0 Å². The molecular formula is C18H23FN4O. The van der Waals surface area contributed by atoms with Crippen LogP contribution in [-0.4, -0.2) is 35.3 Å².